The average Bonchev–Trinajstić information content (AvgIpc) is 2.94. The van der Waals surface area contributed by atoms with Crippen LogP contribution in [0.2, 0.25) is 0 Å². The summed E-state index contributed by atoms with van der Waals surface area (Å²) in [7, 11) is 0. The molecule has 2 aromatic rings. The van der Waals surface area contributed by atoms with Gasteiger partial charge in [-0.3, -0.25) is 9.59 Å². The quantitative estimate of drug-likeness (QED) is 0.757. The van der Waals surface area contributed by atoms with Crippen molar-refractivity contribution in [2.45, 2.75) is 0 Å². The lowest BCUT2D eigenvalue weighted by Gasteiger charge is -2.09. The monoisotopic (exact) mass is 272 g/mol. The first-order valence-electron chi connectivity index (χ1n) is 5.94. The van der Waals surface area contributed by atoms with Crippen molar-refractivity contribution in [2.24, 2.45) is 11.5 Å². The molecule has 20 heavy (non-hydrogen) atoms. The van der Waals surface area contributed by atoms with E-state index in [-0.39, 0.29) is 5.76 Å². The van der Waals surface area contributed by atoms with Gasteiger partial charge in [0.15, 0.2) is 5.76 Å². The number of hydrogen-bond donors (Lipinski definition) is 3. The molecule has 1 aromatic heterocycles. The Morgan fingerprint density at radius 2 is 2.10 bits per heavy atom. The molecule has 0 spiro atoms. The van der Waals surface area contributed by atoms with Gasteiger partial charge in [-0.15, -0.1) is 0 Å². The summed E-state index contributed by atoms with van der Waals surface area (Å²) < 4.78 is 4.98. The molecule has 0 atom stereocenters. The van der Waals surface area contributed by atoms with Gasteiger partial charge in [0.05, 0.1) is 6.26 Å². The van der Waals surface area contributed by atoms with E-state index in [0.29, 0.717) is 23.4 Å². The van der Waals surface area contributed by atoms with Gasteiger partial charge in [0.2, 0.25) is 5.91 Å². The van der Waals surface area contributed by atoms with Crippen LogP contribution in [0.5, 0.6) is 0 Å². The summed E-state index contributed by atoms with van der Waals surface area (Å²) in [6, 6.07) is 7.99. The molecule has 2 amide bonds. The van der Waals surface area contributed by atoms with Crippen LogP contribution in [0, 0.1) is 6.42 Å². The number of benzene rings is 1. The maximum Gasteiger partial charge on any atom is 0.291 e. The van der Waals surface area contributed by atoms with Crippen LogP contribution >= 0.6 is 0 Å². The summed E-state index contributed by atoms with van der Waals surface area (Å²) in [5.41, 5.74) is 12.1. The van der Waals surface area contributed by atoms with Crippen molar-refractivity contribution in [3.63, 3.8) is 0 Å². The summed E-state index contributed by atoms with van der Waals surface area (Å²) >= 11 is 0. The predicted octanol–water partition coefficient (Wildman–Crippen LogP) is 1.14. The second-order valence-corrected chi connectivity index (χ2v) is 4.04. The van der Waals surface area contributed by atoms with Crippen LogP contribution in [0.3, 0.4) is 0 Å². The molecule has 0 saturated carbocycles. The van der Waals surface area contributed by atoms with E-state index in [2.05, 4.69) is 5.32 Å². The molecule has 6 nitrogen and oxygen atoms in total. The lowest BCUT2D eigenvalue weighted by Crippen LogP contribution is -2.17. The number of nitrogens with two attached hydrogens (primary N) is 2. The third-order valence-electron chi connectivity index (χ3n) is 2.66. The van der Waals surface area contributed by atoms with Crippen molar-refractivity contribution in [1.29, 1.82) is 0 Å². The number of primary amides is 1. The molecule has 103 valence electrons. The Kier molecular flexibility index (Phi) is 4.17. The molecule has 5 N–H and O–H groups in total. The Hall–Kier alpha value is -2.60. The highest BCUT2D eigenvalue weighted by molar-refractivity contribution is 6.03. The molecule has 0 bridgehead atoms. The fourth-order valence-corrected chi connectivity index (χ4v) is 1.75. The lowest BCUT2D eigenvalue weighted by atomic mass is 10.0. The molecule has 1 aromatic carbocycles. The smallest absolute Gasteiger partial charge is 0.291 e. The SMILES string of the molecule is NC[CH]c1ccc(NC(=O)c2ccco2)cc1C(N)=O. The van der Waals surface area contributed by atoms with E-state index in [0.717, 1.165) is 0 Å². The number of anilines is 1. The minimum atomic E-state index is -0.584. The molecule has 1 radical (unpaired) electrons. The zero-order valence-electron chi connectivity index (χ0n) is 10.6. The molecular formula is C14H14N3O3. The van der Waals surface area contributed by atoms with Gasteiger partial charge in [-0.05, 0) is 36.4 Å². The maximum absolute atomic E-state index is 11.8. The zero-order valence-corrected chi connectivity index (χ0v) is 10.6. The van der Waals surface area contributed by atoms with Crippen LogP contribution in [0.15, 0.2) is 41.0 Å². The van der Waals surface area contributed by atoms with Crippen LogP contribution in [0.4, 0.5) is 5.69 Å². The minimum absolute atomic E-state index is 0.184. The number of hydrogen-bond acceptors (Lipinski definition) is 4. The zero-order chi connectivity index (χ0) is 14.5. The van der Waals surface area contributed by atoms with Crippen LogP contribution in [-0.4, -0.2) is 18.4 Å². The Morgan fingerprint density at radius 1 is 1.30 bits per heavy atom. The van der Waals surface area contributed by atoms with Crippen molar-refractivity contribution in [3.05, 3.63) is 59.9 Å². The second kappa shape index (κ2) is 6.03. The Morgan fingerprint density at radius 3 is 2.70 bits per heavy atom. The third-order valence-corrected chi connectivity index (χ3v) is 2.66. The van der Waals surface area contributed by atoms with Crippen molar-refractivity contribution >= 4 is 17.5 Å². The average molecular weight is 272 g/mol. The summed E-state index contributed by atoms with van der Waals surface area (Å²) in [5.74, 6) is -0.803. The molecule has 0 aliphatic carbocycles. The van der Waals surface area contributed by atoms with Crippen molar-refractivity contribution < 1.29 is 14.0 Å². The highest BCUT2D eigenvalue weighted by atomic mass is 16.3. The predicted molar refractivity (Wildman–Crippen MR) is 74.1 cm³/mol. The topological polar surface area (TPSA) is 111 Å². The molecule has 6 heteroatoms. The number of furan rings is 1. The standard InChI is InChI=1S/C14H14N3O3/c15-6-5-9-3-4-10(8-11(9)13(16)18)17-14(19)12-2-1-7-20-12/h1-5,7-8H,6,15H2,(H2,16,18)(H,17,19). The second-order valence-electron chi connectivity index (χ2n) is 4.04. The van der Waals surface area contributed by atoms with Gasteiger partial charge in [0.1, 0.15) is 0 Å². The summed E-state index contributed by atoms with van der Waals surface area (Å²) in [6.07, 6.45) is 3.08. The highest BCUT2D eigenvalue weighted by Crippen LogP contribution is 2.18. The van der Waals surface area contributed by atoms with E-state index in [9.17, 15) is 9.59 Å². The number of nitrogens with one attached hydrogen (secondary N) is 1. The van der Waals surface area contributed by atoms with Gasteiger partial charge in [-0.2, -0.15) is 0 Å². The minimum Gasteiger partial charge on any atom is -0.459 e. The van der Waals surface area contributed by atoms with Gasteiger partial charge in [0.25, 0.3) is 5.91 Å². The van der Waals surface area contributed by atoms with Crippen LogP contribution in [-0.2, 0) is 0 Å². The third kappa shape index (κ3) is 3.04. The first kappa shape index (κ1) is 13.8. The fraction of sp³-hybridized carbons (Fsp3) is 0.0714. The number of carbonyl (C=O) groups is 2. The van der Waals surface area contributed by atoms with Crippen molar-refractivity contribution in [3.8, 4) is 0 Å². The van der Waals surface area contributed by atoms with Crippen LogP contribution in [0.25, 0.3) is 0 Å². The number of carbonyl (C=O) groups excluding carboxylic acids is 2. The van der Waals surface area contributed by atoms with Crippen LogP contribution in [0.1, 0.15) is 26.5 Å². The molecule has 0 saturated heterocycles. The molecule has 0 aliphatic heterocycles. The van der Waals surface area contributed by atoms with Gasteiger partial charge in [-0.1, -0.05) is 6.07 Å². The summed E-state index contributed by atoms with van der Waals surface area (Å²) in [4.78, 5) is 23.2. The van der Waals surface area contributed by atoms with Gasteiger partial charge in [0, 0.05) is 17.7 Å². The Labute approximate surface area is 115 Å². The van der Waals surface area contributed by atoms with Crippen molar-refractivity contribution in [1.82, 2.24) is 0 Å². The first-order chi connectivity index (χ1) is 9.61. The van der Waals surface area contributed by atoms with E-state index in [1.165, 1.54) is 12.3 Å². The van der Waals surface area contributed by atoms with Gasteiger partial charge >= 0.3 is 0 Å². The van der Waals surface area contributed by atoms with E-state index in [4.69, 9.17) is 15.9 Å². The van der Waals surface area contributed by atoms with Crippen molar-refractivity contribution in [2.75, 3.05) is 11.9 Å². The van der Waals surface area contributed by atoms with Crippen LogP contribution < -0.4 is 16.8 Å². The molecule has 0 aliphatic rings. The fourth-order valence-electron chi connectivity index (χ4n) is 1.75. The highest BCUT2D eigenvalue weighted by Gasteiger charge is 2.12. The normalized spacial score (nSPS) is 10.2. The number of rotatable bonds is 5. The first-order valence-corrected chi connectivity index (χ1v) is 5.94. The largest absolute Gasteiger partial charge is 0.459 e. The lowest BCUT2D eigenvalue weighted by molar-refractivity contribution is 0.0988. The Balaban J connectivity index is 2.23. The Bertz CT molecular complexity index is 621. The molecule has 0 unspecified atom stereocenters. The van der Waals surface area contributed by atoms with E-state index >= 15 is 0 Å². The number of amides is 2. The molecule has 1 heterocycles. The summed E-state index contributed by atoms with van der Waals surface area (Å²) in [6.45, 7) is 0.290. The summed E-state index contributed by atoms with van der Waals surface area (Å²) in [5, 5.41) is 2.62. The molecular weight excluding hydrogens is 258 g/mol. The van der Waals surface area contributed by atoms with E-state index in [1.54, 1.807) is 30.7 Å². The van der Waals surface area contributed by atoms with E-state index < -0.39 is 11.8 Å². The molecule has 2 rings (SSSR count). The van der Waals surface area contributed by atoms with Gasteiger partial charge in [-0.25, -0.2) is 0 Å². The van der Waals surface area contributed by atoms with E-state index in [1.807, 2.05) is 0 Å². The van der Waals surface area contributed by atoms with Gasteiger partial charge < -0.3 is 21.2 Å². The molecule has 0 fully saturated rings. The maximum atomic E-state index is 11.8.